The molecule has 53 heavy (non-hydrogen) atoms. The van der Waals surface area contributed by atoms with E-state index in [4.69, 9.17) is 9.47 Å². The number of thiazole rings is 1. The number of likely N-dealkylation sites (tertiary alicyclic amines) is 1. The minimum Gasteiger partial charge on any atom is -0.497 e. The molecule has 2 heterocycles. The van der Waals surface area contributed by atoms with Crippen molar-refractivity contribution in [1.29, 1.82) is 0 Å². The van der Waals surface area contributed by atoms with Crippen molar-refractivity contribution in [3.05, 3.63) is 45.9 Å². The maximum atomic E-state index is 14.2. The van der Waals surface area contributed by atoms with Gasteiger partial charge in [0.1, 0.15) is 22.5 Å². The molecule has 3 rings (SSSR count). The summed E-state index contributed by atoms with van der Waals surface area (Å²) in [6, 6.07) is 5.44. The summed E-state index contributed by atoms with van der Waals surface area (Å²) in [5, 5.41) is 17.6. The van der Waals surface area contributed by atoms with Crippen LogP contribution in [0.25, 0.3) is 0 Å². The van der Waals surface area contributed by atoms with Crippen LogP contribution in [0.1, 0.15) is 107 Å². The van der Waals surface area contributed by atoms with E-state index in [9.17, 15) is 29.1 Å². The average Bonchev–Trinajstić information content (AvgIpc) is 3.62. The molecule has 3 N–H and O–H groups in total. The van der Waals surface area contributed by atoms with E-state index in [-0.39, 0.29) is 48.2 Å². The molecule has 0 saturated carbocycles. The summed E-state index contributed by atoms with van der Waals surface area (Å²) in [4.78, 5) is 73.5. The van der Waals surface area contributed by atoms with E-state index in [0.717, 1.165) is 31.4 Å². The second-order valence-corrected chi connectivity index (χ2v) is 15.6. The Morgan fingerprint density at radius 3 is 2.30 bits per heavy atom. The van der Waals surface area contributed by atoms with Gasteiger partial charge in [0.05, 0.1) is 19.1 Å². The molecular weight excluding hydrogens is 699 g/mol. The zero-order chi connectivity index (χ0) is 39.4. The van der Waals surface area contributed by atoms with Gasteiger partial charge in [0.15, 0.2) is 6.10 Å². The van der Waals surface area contributed by atoms with Crippen LogP contribution in [0.3, 0.4) is 0 Å². The standard InChI is InChI=1S/C39H59N5O8S/c1-10-24(4)34(42-36(47)31-13-11-12-18-43(31)7)38(48)44(8)32(23(2)3)21-33(52-26(6)45)37-41-30(22-53-37)35(46)40-28(19-25(5)39(49)50)20-27-14-16-29(51-9)17-15-27/h14-17,22-25,28,31-34H,10-13,18-21H2,1-9H3,(H,40,46)(H,42,47)(H,49,50)/t24?,25-,28+,31+,32?,33+,34-/m0/s1. The number of nitrogens with zero attached hydrogens (tertiary/aromatic N) is 3. The molecular formula is C39H59N5O8S. The first-order valence-corrected chi connectivity index (χ1v) is 19.5. The van der Waals surface area contributed by atoms with Crippen molar-refractivity contribution < 1.29 is 38.6 Å². The van der Waals surface area contributed by atoms with Crippen LogP contribution in [0, 0.1) is 17.8 Å². The number of nitrogens with one attached hydrogen (secondary N) is 2. The first-order valence-electron chi connectivity index (χ1n) is 18.6. The molecule has 2 aromatic rings. The maximum absolute atomic E-state index is 14.2. The molecule has 0 aliphatic carbocycles. The SMILES string of the molecule is CCC(C)[C@H](NC(=O)[C@H]1CCCCN1C)C(=O)N(C)C(C[C@@H](OC(C)=O)c1nc(C(=O)N[C@@H](Cc2ccc(OC)cc2)C[C@H](C)C(=O)O)cs1)C(C)C. The lowest BCUT2D eigenvalue weighted by atomic mass is 9.92. The Morgan fingerprint density at radius 1 is 1.06 bits per heavy atom. The Morgan fingerprint density at radius 2 is 1.74 bits per heavy atom. The second-order valence-electron chi connectivity index (χ2n) is 14.7. The number of carbonyl (C=O) groups excluding carboxylic acids is 4. The van der Waals surface area contributed by atoms with Crippen LogP contribution in [-0.4, -0.2) is 101 Å². The third kappa shape index (κ3) is 12.5. The summed E-state index contributed by atoms with van der Waals surface area (Å²) in [7, 11) is 5.23. The molecule has 1 aromatic heterocycles. The highest BCUT2D eigenvalue weighted by atomic mass is 32.1. The minimum absolute atomic E-state index is 0.0579. The van der Waals surface area contributed by atoms with E-state index in [1.54, 1.807) is 31.4 Å². The number of rotatable bonds is 19. The second kappa shape index (κ2) is 20.4. The van der Waals surface area contributed by atoms with Crippen LogP contribution in [0.4, 0.5) is 0 Å². The van der Waals surface area contributed by atoms with Gasteiger partial charge in [-0.2, -0.15) is 0 Å². The number of carboxylic acids is 1. The van der Waals surface area contributed by atoms with Crippen molar-refractivity contribution in [3.8, 4) is 5.75 Å². The fourth-order valence-corrected chi connectivity index (χ4v) is 7.62. The molecule has 7 atom stereocenters. The van der Waals surface area contributed by atoms with Gasteiger partial charge in [0.2, 0.25) is 11.8 Å². The monoisotopic (exact) mass is 757 g/mol. The van der Waals surface area contributed by atoms with Crippen LogP contribution < -0.4 is 15.4 Å². The summed E-state index contributed by atoms with van der Waals surface area (Å²) in [5.74, 6) is -2.52. The molecule has 1 aliphatic heterocycles. The number of hydrogen-bond donors (Lipinski definition) is 3. The normalized spacial score (nSPS) is 18.2. The van der Waals surface area contributed by atoms with Crippen molar-refractivity contribution in [2.24, 2.45) is 17.8 Å². The number of piperidine rings is 1. The molecule has 1 aromatic carbocycles. The molecule has 2 unspecified atom stereocenters. The Balaban J connectivity index is 1.81. The largest absolute Gasteiger partial charge is 0.497 e. The lowest BCUT2D eigenvalue weighted by Gasteiger charge is -2.38. The van der Waals surface area contributed by atoms with Crippen molar-refractivity contribution in [2.45, 2.75) is 117 Å². The molecule has 1 saturated heterocycles. The van der Waals surface area contributed by atoms with Crippen LogP contribution in [-0.2, 0) is 30.3 Å². The van der Waals surface area contributed by atoms with Crippen LogP contribution in [0.15, 0.2) is 29.6 Å². The number of hydrogen-bond acceptors (Lipinski definition) is 10. The molecule has 0 bridgehead atoms. The van der Waals surface area contributed by atoms with Crippen LogP contribution in [0.5, 0.6) is 5.75 Å². The van der Waals surface area contributed by atoms with E-state index in [2.05, 4.69) is 15.6 Å². The third-order valence-electron chi connectivity index (χ3n) is 10.3. The van der Waals surface area contributed by atoms with Crippen molar-refractivity contribution in [1.82, 2.24) is 25.4 Å². The Kier molecular flexibility index (Phi) is 16.7. The smallest absolute Gasteiger partial charge is 0.306 e. The lowest BCUT2D eigenvalue weighted by molar-refractivity contribution is -0.149. The van der Waals surface area contributed by atoms with E-state index in [1.165, 1.54) is 18.3 Å². The predicted molar refractivity (Wildman–Crippen MR) is 204 cm³/mol. The van der Waals surface area contributed by atoms with Gasteiger partial charge < -0.3 is 30.1 Å². The topological polar surface area (TPSA) is 167 Å². The predicted octanol–water partition coefficient (Wildman–Crippen LogP) is 5.10. The molecule has 0 spiro atoms. The number of ether oxygens (including phenoxy) is 2. The number of carbonyl (C=O) groups is 5. The Labute approximate surface area is 318 Å². The molecule has 13 nitrogen and oxygen atoms in total. The van der Waals surface area contributed by atoms with Crippen LogP contribution in [0.2, 0.25) is 0 Å². The van der Waals surface area contributed by atoms with Gasteiger partial charge in [0.25, 0.3) is 5.91 Å². The first kappa shape index (κ1) is 43.4. The van der Waals surface area contributed by atoms with Crippen molar-refractivity contribution in [2.75, 3.05) is 27.7 Å². The summed E-state index contributed by atoms with van der Waals surface area (Å²) in [6.07, 6.45) is 3.40. The third-order valence-corrected chi connectivity index (χ3v) is 11.2. The van der Waals surface area contributed by atoms with Gasteiger partial charge in [-0.05, 0) is 68.8 Å². The fraction of sp³-hybridized carbons (Fsp3) is 0.641. The fourth-order valence-electron chi connectivity index (χ4n) is 6.78. The summed E-state index contributed by atoms with van der Waals surface area (Å²) < 4.78 is 11.0. The van der Waals surface area contributed by atoms with Gasteiger partial charge in [-0.25, -0.2) is 4.98 Å². The first-order chi connectivity index (χ1) is 25.1. The van der Waals surface area contributed by atoms with E-state index >= 15 is 0 Å². The number of likely N-dealkylation sites (N-methyl/N-ethyl adjacent to an activating group) is 2. The number of benzene rings is 1. The minimum atomic E-state index is -0.961. The van der Waals surface area contributed by atoms with Crippen molar-refractivity contribution in [3.63, 3.8) is 0 Å². The zero-order valence-corrected chi connectivity index (χ0v) is 33.5. The van der Waals surface area contributed by atoms with E-state index < -0.39 is 48.0 Å². The number of amides is 3. The summed E-state index contributed by atoms with van der Waals surface area (Å²) in [6.45, 7) is 11.6. The van der Waals surface area contributed by atoms with Gasteiger partial charge in [-0.1, -0.05) is 59.6 Å². The quantitative estimate of drug-likeness (QED) is 0.164. The molecule has 0 radical (unpaired) electrons. The number of carboxylic acid groups (broad SMARTS) is 1. The van der Waals surface area contributed by atoms with Gasteiger partial charge >= 0.3 is 11.9 Å². The number of methoxy groups -OCH3 is 1. The van der Waals surface area contributed by atoms with Gasteiger partial charge in [-0.15, -0.1) is 11.3 Å². The van der Waals surface area contributed by atoms with Crippen LogP contribution >= 0.6 is 11.3 Å². The molecule has 1 fully saturated rings. The Bertz CT molecular complexity index is 1530. The highest BCUT2D eigenvalue weighted by Crippen LogP contribution is 2.31. The zero-order valence-electron chi connectivity index (χ0n) is 32.7. The molecule has 1 aliphatic rings. The van der Waals surface area contributed by atoms with Crippen molar-refractivity contribution >= 4 is 41.0 Å². The number of aliphatic carboxylic acids is 1. The highest BCUT2D eigenvalue weighted by Gasteiger charge is 2.37. The summed E-state index contributed by atoms with van der Waals surface area (Å²) >= 11 is 1.17. The molecule has 294 valence electrons. The molecule has 3 amide bonds. The van der Waals surface area contributed by atoms with E-state index in [0.29, 0.717) is 23.6 Å². The maximum Gasteiger partial charge on any atom is 0.306 e. The number of esters is 1. The van der Waals surface area contributed by atoms with Gasteiger partial charge in [-0.3, -0.25) is 28.9 Å². The summed E-state index contributed by atoms with van der Waals surface area (Å²) in [5.41, 5.74) is 1.01. The highest BCUT2D eigenvalue weighted by molar-refractivity contribution is 7.09. The average molecular weight is 758 g/mol. The van der Waals surface area contributed by atoms with E-state index in [1.807, 2.05) is 63.9 Å². The lowest BCUT2D eigenvalue weighted by Crippen LogP contribution is -2.58. The number of aromatic nitrogens is 1. The Hall–Kier alpha value is -4.04. The molecule has 14 heteroatoms. The van der Waals surface area contributed by atoms with Gasteiger partial charge in [0, 0.05) is 37.9 Å².